The lowest BCUT2D eigenvalue weighted by molar-refractivity contribution is -0.123. The summed E-state index contributed by atoms with van der Waals surface area (Å²) in [6, 6.07) is 0. The van der Waals surface area contributed by atoms with Crippen molar-refractivity contribution in [1.82, 2.24) is 5.32 Å². The summed E-state index contributed by atoms with van der Waals surface area (Å²) in [6.45, 7) is 3.15. The molecule has 0 aromatic rings. The molecule has 0 spiro atoms. The Labute approximate surface area is 117 Å². The van der Waals surface area contributed by atoms with Crippen LogP contribution in [0.5, 0.6) is 0 Å². The highest BCUT2D eigenvalue weighted by molar-refractivity contribution is 5.77. The molecule has 2 aliphatic carbocycles. The highest BCUT2D eigenvalue weighted by Gasteiger charge is 2.31. The molecule has 2 saturated carbocycles. The van der Waals surface area contributed by atoms with Gasteiger partial charge in [0.15, 0.2) is 0 Å². The summed E-state index contributed by atoms with van der Waals surface area (Å²) in [5.74, 6) is 0.163. The molecular weight excluding hydrogens is 236 g/mol. The first-order chi connectivity index (χ1) is 9.02. The van der Waals surface area contributed by atoms with E-state index in [0.29, 0.717) is 11.8 Å². The van der Waals surface area contributed by atoms with E-state index >= 15 is 0 Å². The van der Waals surface area contributed by atoms with Gasteiger partial charge >= 0.3 is 0 Å². The molecule has 0 bridgehead atoms. The van der Waals surface area contributed by atoms with Gasteiger partial charge in [-0.3, -0.25) is 4.79 Å². The van der Waals surface area contributed by atoms with Crippen LogP contribution in [0.15, 0.2) is 0 Å². The van der Waals surface area contributed by atoms with Crippen molar-refractivity contribution in [2.24, 2.45) is 11.1 Å². The molecule has 0 atom stereocenters. The van der Waals surface area contributed by atoms with Gasteiger partial charge in [0.25, 0.3) is 0 Å². The summed E-state index contributed by atoms with van der Waals surface area (Å²) < 4.78 is 0. The third-order valence-electron chi connectivity index (χ3n) is 5.13. The number of carbonyl (C=O) groups is 1. The van der Waals surface area contributed by atoms with Gasteiger partial charge in [-0.05, 0) is 31.1 Å². The molecule has 2 rings (SSSR count). The lowest BCUT2D eigenvalue weighted by Crippen LogP contribution is -2.47. The fourth-order valence-corrected chi connectivity index (χ4v) is 3.71. The Morgan fingerprint density at radius 1 is 1.00 bits per heavy atom. The average Bonchev–Trinajstić information content (AvgIpc) is 2.38. The quantitative estimate of drug-likeness (QED) is 0.821. The zero-order chi connectivity index (χ0) is 13.8. The number of amides is 1. The normalized spacial score (nSPS) is 25.8. The molecule has 0 heterocycles. The summed E-state index contributed by atoms with van der Waals surface area (Å²) >= 11 is 0. The Hall–Kier alpha value is -0.570. The van der Waals surface area contributed by atoms with Crippen LogP contribution in [0.4, 0.5) is 0 Å². The molecule has 0 saturated heterocycles. The third kappa shape index (κ3) is 4.48. The third-order valence-corrected chi connectivity index (χ3v) is 5.13. The molecule has 0 aliphatic heterocycles. The average molecular weight is 266 g/mol. The Morgan fingerprint density at radius 3 is 2.11 bits per heavy atom. The van der Waals surface area contributed by atoms with E-state index in [2.05, 4.69) is 12.2 Å². The van der Waals surface area contributed by atoms with Crippen molar-refractivity contribution in [3.05, 3.63) is 0 Å². The smallest absolute Gasteiger partial charge is 0.221 e. The number of nitrogens with one attached hydrogen (secondary N) is 1. The highest BCUT2D eigenvalue weighted by Crippen LogP contribution is 2.35. The second-order valence-electron chi connectivity index (χ2n) is 7.25. The van der Waals surface area contributed by atoms with E-state index in [1.807, 2.05) is 0 Å². The number of hydrogen-bond donors (Lipinski definition) is 2. The standard InChI is InChI=1S/C16H30N2O/c1-15(8-4-2-5-9-15)13-18-14(19)12-16(17)10-6-3-7-11-16/h2-13,17H2,1H3,(H,18,19). The molecule has 19 heavy (non-hydrogen) atoms. The first kappa shape index (κ1) is 14.8. The van der Waals surface area contributed by atoms with Gasteiger partial charge in [0, 0.05) is 18.5 Å². The molecular formula is C16H30N2O. The van der Waals surface area contributed by atoms with Crippen LogP contribution in [0.25, 0.3) is 0 Å². The van der Waals surface area contributed by atoms with Gasteiger partial charge in [-0.15, -0.1) is 0 Å². The number of carbonyl (C=O) groups excluding carboxylic acids is 1. The molecule has 0 aromatic heterocycles. The van der Waals surface area contributed by atoms with E-state index < -0.39 is 0 Å². The predicted molar refractivity (Wildman–Crippen MR) is 78.8 cm³/mol. The summed E-state index contributed by atoms with van der Waals surface area (Å²) in [7, 11) is 0. The van der Waals surface area contributed by atoms with Crippen molar-refractivity contribution in [2.75, 3.05) is 6.54 Å². The first-order valence-corrected chi connectivity index (χ1v) is 8.07. The molecule has 3 nitrogen and oxygen atoms in total. The zero-order valence-electron chi connectivity index (χ0n) is 12.5. The molecule has 3 N–H and O–H groups in total. The predicted octanol–water partition coefficient (Wildman–Crippen LogP) is 3.12. The van der Waals surface area contributed by atoms with Crippen molar-refractivity contribution < 1.29 is 4.79 Å². The molecule has 1 amide bonds. The minimum absolute atomic E-state index is 0.163. The van der Waals surface area contributed by atoms with Gasteiger partial charge in [0.05, 0.1) is 0 Å². The zero-order valence-corrected chi connectivity index (χ0v) is 12.5. The summed E-state index contributed by atoms with van der Waals surface area (Å²) in [5.41, 5.74) is 6.44. The van der Waals surface area contributed by atoms with Crippen LogP contribution >= 0.6 is 0 Å². The van der Waals surface area contributed by atoms with Crippen molar-refractivity contribution in [3.8, 4) is 0 Å². The molecule has 2 fully saturated rings. The van der Waals surface area contributed by atoms with Gasteiger partial charge in [-0.2, -0.15) is 0 Å². The maximum atomic E-state index is 12.1. The number of nitrogens with two attached hydrogens (primary N) is 1. The molecule has 2 aliphatic rings. The fourth-order valence-electron chi connectivity index (χ4n) is 3.71. The molecule has 0 unspecified atom stereocenters. The minimum atomic E-state index is -0.226. The van der Waals surface area contributed by atoms with E-state index in [-0.39, 0.29) is 11.4 Å². The Kier molecular flexibility index (Phi) is 4.88. The van der Waals surface area contributed by atoms with Crippen molar-refractivity contribution in [1.29, 1.82) is 0 Å². The highest BCUT2D eigenvalue weighted by atomic mass is 16.1. The lowest BCUT2D eigenvalue weighted by Gasteiger charge is -2.35. The molecule has 110 valence electrons. The maximum absolute atomic E-state index is 12.1. The number of rotatable bonds is 4. The first-order valence-electron chi connectivity index (χ1n) is 8.07. The second kappa shape index (κ2) is 6.25. The Balaban J connectivity index is 1.74. The summed E-state index contributed by atoms with van der Waals surface area (Å²) in [6.07, 6.45) is 12.7. The van der Waals surface area contributed by atoms with Crippen LogP contribution in [0, 0.1) is 5.41 Å². The second-order valence-corrected chi connectivity index (χ2v) is 7.25. The van der Waals surface area contributed by atoms with E-state index in [1.54, 1.807) is 0 Å². The van der Waals surface area contributed by atoms with Crippen LogP contribution in [0.1, 0.15) is 77.6 Å². The van der Waals surface area contributed by atoms with Crippen molar-refractivity contribution in [3.63, 3.8) is 0 Å². The van der Waals surface area contributed by atoms with Gasteiger partial charge in [-0.25, -0.2) is 0 Å². The Morgan fingerprint density at radius 2 is 1.53 bits per heavy atom. The summed E-state index contributed by atoms with van der Waals surface area (Å²) in [4.78, 5) is 12.1. The van der Waals surface area contributed by atoms with E-state index in [1.165, 1.54) is 51.4 Å². The van der Waals surface area contributed by atoms with E-state index in [4.69, 9.17) is 5.73 Å². The van der Waals surface area contributed by atoms with Crippen LogP contribution in [-0.4, -0.2) is 18.0 Å². The minimum Gasteiger partial charge on any atom is -0.355 e. The topological polar surface area (TPSA) is 55.1 Å². The molecule has 0 aromatic carbocycles. The van der Waals surface area contributed by atoms with E-state index in [9.17, 15) is 4.79 Å². The Bertz CT molecular complexity index is 302. The maximum Gasteiger partial charge on any atom is 0.221 e. The van der Waals surface area contributed by atoms with E-state index in [0.717, 1.165) is 19.4 Å². The lowest BCUT2D eigenvalue weighted by atomic mass is 9.75. The van der Waals surface area contributed by atoms with Gasteiger partial charge < -0.3 is 11.1 Å². The SMILES string of the molecule is CC1(CNC(=O)CC2(N)CCCCC2)CCCCC1. The largest absolute Gasteiger partial charge is 0.355 e. The van der Waals surface area contributed by atoms with Crippen LogP contribution in [0.3, 0.4) is 0 Å². The van der Waals surface area contributed by atoms with Crippen LogP contribution in [-0.2, 0) is 4.79 Å². The van der Waals surface area contributed by atoms with Gasteiger partial charge in [0.1, 0.15) is 0 Å². The fraction of sp³-hybridized carbons (Fsp3) is 0.938. The monoisotopic (exact) mass is 266 g/mol. The molecule has 3 heteroatoms. The van der Waals surface area contributed by atoms with Gasteiger partial charge in [0.2, 0.25) is 5.91 Å². The summed E-state index contributed by atoms with van der Waals surface area (Å²) in [5, 5.41) is 3.15. The van der Waals surface area contributed by atoms with Crippen LogP contribution in [0.2, 0.25) is 0 Å². The van der Waals surface area contributed by atoms with Gasteiger partial charge in [-0.1, -0.05) is 45.4 Å². The van der Waals surface area contributed by atoms with Crippen molar-refractivity contribution >= 4 is 5.91 Å². The van der Waals surface area contributed by atoms with Crippen molar-refractivity contribution in [2.45, 2.75) is 83.1 Å². The van der Waals surface area contributed by atoms with Crippen LogP contribution < -0.4 is 11.1 Å². The number of hydrogen-bond acceptors (Lipinski definition) is 2. The molecule has 0 radical (unpaired) electrons.